The van der Waals surface area contributed by atoms with Gasteiger partial charge in [0.15, 0.2) is 0 Å². The highest BCUT2D eigenvalue weighted by atomic mass is 16.5. The quantitative estimate of drug-likeness (QED) is 0.769. The Morgan fingerprint density at radius 2 is 1.95 bits per heavy atom. The first kappa shape index (κ1) is 16.9. The number of fused-ring (bicyclic) bond motifs is 1. The molecule has 0 atom stereocenters. The smallest absolute Gasteiger partial charge is 0.127 e. The van der Waals surface area contributed by atoms with Gasteiger partial charge in [-0.05, 0) is 44.2 Å². The van der Waals surface area contributed by atoms with E-state index in [9.17, 15) is 4.79 Å². The third kappa shape index (κ3) is 2.86. The van der Waals surface area contributed by atoms with Crippen LogP contribution in [-0.4, -0.2) is 26.0 Å². The molecular weight excluding hydrogens is 274 g/mol. The lowest BCUT2D eigenvalue weighted by atomic mass is 9.85. The summed E-state index contributed by atoms with van der Waals surface area (Å²) in [5.41, 5.74) is 6.35. The molecule has 0 spiro atoms. The number of carbonyl (C=O) groups excluding carboxylic acids is 1. The van der Waals surface area contributed by atoms with Crippen molar-refractivity contribution in [1.82, 2.24) is 0 Å². The number of rotatable bonds is 5. The Morgan fingerprint density at radius 1 is 1.32 bits per heavy atom. The topological polar surface area (TPSA) is 29.5 Å². The summed E-state index contributed by atoms with van der Waals surface area (Å²) in [6.07, 6.45) is 3.25. The highest BCUT2D eigenvalue weighted by molar-refractivity contribution is 5.71. The second-order valence-electron chi connectivity index (χ2n) is 7.47. The minimum absolute atomic E-state index is 0.164. The molecule has 0 saturated carbocycles. The van der Waals surface area contributed by atoms with Crippen LogP contribution in [0.25, 0.3) is 0 Å². The van der Waals surface area contributed by atoms with E-state index in [1.54, 1.807) is 0 Å². The fourth-order valence-electron chi connectivity index (χ4n) is 3.69. The van der Waals surface area contributed by atoms with Gasteiger partial charge < -0.3 is 14.4 Å². The van der Waals surface area contributed by atoms with E-state index < -0.39 is 0 Å². The normalized spacial score (nSPS) is 15.6. The number of ether oxygens (including phenoxy) is 1. The van der Waals surface area contributed by atoms with Crippen LogP contribution in [0.1, 0.15) is 62.3 Å². The van der Waals surface area contributed by atoms with Crippen LogP contribution in [0.4, 0.5) is 5.69 Å². The molecule has 3 nitrogen and oxygen atoms in total. The molecule has 0 bridgehead atoms. The van der Waals surface area contributed by atoms with E-state index in [0.717, 1.165) is 24.9 Å². The third-order valence-corrected chi connectivity index (χ3v) is 4.45. The van der Waals surface area contributed by atoms with Crippen LogP contribution in [-0.2, 0) is 17.6 Å². The Balaban J connectivity index is 2.76. The standard InChI is InChI=1S/C19H29NO2/c1-12(2)16-14(9-8-10-21)18-15(11-19(4,5)22-18)13(3)17(16)20(6)7/h10,12H,8-9,11H2,1-7H3. The molecule has 1 aliphatic rings. The summed E-state index contributed by atoms with van der Waals surface area (Å²) in [4.78, 5) is 13.1. The Bertz CT molecular complexity index is 586. The van der Waals surface area contributed by atoms with Crippen LogP contribution < -0.4 is 9.64 Å². The highest BCUT2D eigenvalue weighted by Crippen LogP contribution is 2.48. The zero-order valence-electron chi connectivity index (χ0n) is 15.0. The molecule has 0 unspecified atom stereocenters. The van der Waals surface area contributed by atoms with Gasteiger partial charge >= 0.3 is 0 Å². The van der Waals surface area contributed by atoms with Crippen molar-refractivity contribution in [1.29, 1.82) is 0 Å². The number of hydrogen-bond acceptors (Lipinski definition) is 3. The van der Waals surface area contributed by atoms with Gasteiger partial charge in [-0.3, -0.25) is 0 Å². The van der Waals surface area contributed by atoms with Crippen LogP contribution in [0.5, 0.6) is 5.75 Å². The van der Waals surface area contributed by atoms with Gasteiger partial charge in [-0.2, -0.15) is 0 Å². The van der Waals surface area contributed by atoms with Gasteiger partial charge in [-0.1, -0.05) is 13.8 Å². The molecule has 2 rings (SSSR count). The minimum atomic E-state index is -0.164. The van der Waals surface area contributed by atoms with Crippen molar-refractivity contribution in [2.75, 3.05) is 19.0 Å². The lowest BCUT2D eigenvalue weighted by molar-refractivity contribution is -0.107. The van der Waals surface area contributed by atoms with Gasteiger partial charge in [-0.15, -0.1) is 0 Å². The van der Waals surface area contributed by atoms with E-state index >= 15 is 0 Å². The molecule has 0 fully saturated rings. The summed E-state index contributed by atoms with van der Waals surface area (Å²) in [5, 5.41) is 0. The summed E-state index contributed by atoms with van der Waals surface area (Å²) in [5.74, 6) is 1.44. The molecule has 3 heteroatoms. The monoisotopic (exact) mass is 303 g/mol. The molecule has 22 heavy (non-hydrogen) atoms. The fourth-order valence-corrected chi connectivity index (χ4v) is 3.69. The summed E-state index contributed by atoms with van der Waals surface area (Å²) >= 11 is 0. The zero-order valence-corrected chi connectivity index (χ0v) is 15.0. The summed E-state index contributed by atoms with van der Waals surface area (Å²) in [6, 6.07) is 0. The first-order chi connectivity index (χ1) is 10.2. The Kier molecular flexibility index (Phi) is 4.55. The zero-order chi connectivity index (χ0) is 16.7. The van der Waals surface area contributed by atoms with Crippen molar-refractivity contribution in [3.05, 3.63) is 22.3 Å². The summed E-state index contributed by atoms with van der Waals surface area (Å²) < 4.78 is 6.29. The van der Waals surface area contributed by atoms with E-state index in [2.05, 4.69) is 53.6 Å². The maximum Gasteiger partial charge on any atom is 0.127 e. The molecule has 0 aromatic heterocycles. The summed E-state index contributed by atoms with van der Waals surface area (Å²) in [7, 11) is 4.20. The molecule has 1 aliphatic heterocycles. The van der Waals surface area contributed by atoms with Gasteiger partial charge in [0.05, 0.1) is 0 Å². The lowest BCUT2D eigenvalue weighted by Gasteiger charge is -2.28. The Labute approximate surface area is 134 Å². The van der Waals surface area contributed by atoms with Gasteiger partial charge in [0.2, 0.25) is 0 Å². The number of carbonyl (C=O) groups is 1. The molecule has 1 heterocycles. The van der Waals surface area contributed by atoms with Crippen LogP contribution >= 0.6 is 0 Å². The van der Waals surface area contributed by atoms with Crippen molar-refractivity contribution in [2.24, 2.45) is 0 Å². The number of benzene rings is 1. The van der Waals surface area contributed by atoms with Crippen molar-refractivity contribution >= 4 is 12.0 Å². The van der Waals surface area contributed by atoms with Crippen molar-refractivity contribution in [3.8, 4) is 5.75 Å². The van der Waals surface area contributed by atoms with E-state index in [0.29, 0.717) is 12.3 Å². The van der Waals surface area contributed by atoms with E-state index in [1.807, 2.05) is 0 Å². The van der Waals surface area contributed by atoms with Gasteiger partial charge in [0.1, 0.15) is 17.6 Å². The molecule has 122 valence electrons. The molecule has 0 aliphatic carbocycles. The first-order valence-electron chi connectivity index (χ1n) is 8.17. The molecular formula is C19H29NO2. The average molecular weight is 303 g/mol. The largest absolute Gasteiger partial charge is 0.487 e. The fraction of sp³-hybridized carbons (Fsp3) is 0.632. The third-order valence-electron chi connectivity index (χ3n) is 4.45. The molecule has 0 saturated heterocycles. The first-order valence-corrected chi connectivity index (χ1v) is 8.17. The van der Waals surface area contributed by atoms with Crippen molar-refractivity contribution < 1.29 is 9.53 Å². The van der Waals surface area contributed by atoms with E-state index in [-0.39, 0.29) is 5.60 Å². The van der Waals surface area contributed by atoms with Crippen molar-refractivity contribution in [2.45, 2.75) is 65.4 Å². The maximum atomic E-state index is 10.9. The molecule has 1 aromatic rings. The molecule has 0 amide bonds. The molecule has 0 radical (unpaired) electrons. The second kappa shape index (κ2) is 5.94. The van der Waals surface area contributed by atoms with Crippen LogP contribution in [0.2, 0.25) is 0 Å². The Morgan fingerprint density at radius 3 is 2.45 bits per heavy atom. The van der Waals surface area contributed by atoms with Gasteiger partial charge in [-0.25, -0.2) is 0 Å². The number of anilines is 1. The van der Waals surface area contributed by atoms with E-state index in [4.69, 9.17) is 4.74 Å². The maximum absolute atomic E-state index is 10.9. The van der Waals surface area contributed by atoms with Crippen LogP contribution in [0, 0.1) is 6.92 Å². The minimum Gasteiger partial charge on any atom is -0.487 e. The summed E-state index contributed by atoms with van der Waals surface area (Å²) in [6.45, 7) is 10.9. The van der Waals surface area contributed by atoms with Crippen molar-refractivity contribution in [3.63, 3.8) is 0 Å². The van der Waals surface area contributed by atoms with Gasteiger partial charge in [0.25, 0.3) is 0 Å². The SMILES string of the molecule is Cc1c2c(c(CCC=O)c(C(C)C)c1N(C)C)OC(C)(C)C2. The number of hydrogen-bond donors (Lipinski definition) is 0. The van der Waals surface area contributed by atoms with E-state index in [1.165, 1.54) is 27.9 Å². The molecule has 1 aromatic carbocycles. The number of aldehydes is 1. The average Bonchev–Trinajstić information content (AvgIpc) is 2.72. The predicted molar refractivity (Wildman–Crippen MR) is 92.4 cm³/mol. The predicted octanol–water partition coefficient (Wildman–Crippen LogP) is 4.03. The van der Waals surface area contributed by atoms with Crippen LogP contribution in [0.15, 0.2) is 0 Å². The Hall–Kier alpha value is -1.51. The van der Waals surface area contributed by atoms with Crippen LogP contribution in [0.3, 0.4) is 0 Å². The highest BCUT2D eigenvalue weighted by Gasteiger charge is 2.36. The molecule has 0 N–H and O–H groups in total. The lowest BCUT2D eigenvalue weighted by Crippen LogP contribution is -2.25. The number of nitrogens with zero attached hydrogens (tertiary/aromatic N) is 1. The second-order valence-corrected chi connectivity index (χ2v) is 7.47. The van der Waals surface area contributed by atoms with Gasteiger partial charge in [0, 0.05) is 43.8 Å².